The largest absolute Gasteiger partial charge is 0.418 e. The monoisotopic (exact) mass is 459 g/mol. The highest BCUT2D eigenvalue weighted by Crippen LogP contribution is 2.34. The van der Waals surface area contributed by atoms with E-state index in [0.29, 0.717) is 5.56 Å². The Bertz CT molecular complexity index is 1120. The second kappa shape index (κ2) is 9.02. The van der Waals surface area contributed by atoms with Crippen molar-refractivity contribution in [2.75, 3.05) is 18.4 Å². The van der Waals surface area contributed by atoms with Gasteiger partial charge < -0.3 is 5.32 Å². The van der Waals surface area contributed by atoms with Crippen LogP contribution in [-0.4, -0.2) is 36.6 Å². The number of hydrogen-bond acceptors (Lipinski definition) is 5. The lowest BCUT2D eigenvalue weighted by Crippen LogP contribution is -2.38. The molecule has 0 aliphatic heterocycles. The molecule has 0 atom stereocenters. The third kappa shape index (κ3) is 5.39. The van der Waals surface area contributed by atoms with Crippen LogP contribution in [0.2, 0.25) is 0 Å². The quantitative estimate of drug-likeness (QED) is 0.499. The summed E-state index contributed by atoms with van der Waals surface area (Å²) in [7, 11) is -4.34. The Hall–Kier alpha value is -2.99. The summed E-state index contributed by atoms with van der Waals surface area (Å²) < 4.78 is 66.2. The molecule has 12 heteroatoms. The number of carbonyl (C=O) groups is 1. The van der Waals surface area contributed by atoms with Crippen molar-refractivity contribution in [3.63, 3.8) is 0 Å². The van der Waals surface area contributed by atoms with Crippen LogP contribution in [0.1, 0.15) is 23.6 Å². The van der Waals surface area contributed by atoms with Crippen LogP contribution in [0.25, 0.3) is 0 Å². The van der Waals surface area contributed by atoms with Crippen LogP contribution in [0.5, 0.6) is 0 Å². The number of likely N-dealkylation sites (N-methyl/N-ethyl adjacent to an activating group) is 1. The normalized spacial score (nSPS) is 12.1. The number of sulfonamides is 1. The second-order valence-electron chi connectivity index (χ2n) is 6.67. The molecule has 1 N–H and O–H groups in total. The first-order valence-electron chi connectivity index (χ1n) is 9.01. The van der Waals surface area contributed by atoms with Gasteiger partial charge in [-0.05, 0) is 37.1 Å². The van der Waals surface area contributed by atoms with Gasteiger partial charge in [-0.15, -0.1) is 0 Å². The zero-order valence-corrected chi connectivity index (χ0v) is 17.7. The molecule has 0 heterocycles. The van der Waals surface area contributed by atoms with Gasteiger partial charge in [0.25, 0.3) is 5.69 Å². The minimum atomic E-state index is -4.71. The molecule has 0 saturated carbocycles. The zero-order chi connectivity index (χ0) is 23.6. The molecule has 8 nitrogen and oxygen atoms in total. The van der Waals surface area contributed by atoms with Crippen molar-refractivity contribution in [2.24, 2.45) is 0 Å². The zero-order valence-electron chi connectivity index (χ0n) is 16.9. The van der Waals surface area contributed by atoms with E-state index in [0.717, 1.165) is 28.6 Å². The minimum Gasteiger partial charge on any atom is -0.324 e. The molecule has 0 aliphatic carbocycles. The summed E-state index contributed by atoms with van der Waals surface area (Å²) >= 11 is 0. The number of nitro groups is 1. The van der Waals surface area contributed by atoms with E-state index < -0.39 is 50.5 Å². The minimum absolute atomic E-state index is 0.183. The molecule has 168 valence electrons. The Morgan fingerprint density at radius 3 is 2.35 bits per heavy atom. The predicted octanol–water partition coefficient (Wildman–Crippen LogP) is 3.88. The third-order valence-corrected chi connectivity index (χ3v) is 6.66. The number of nitrogens with zero attached hydrogens (tertiary/aromatic N) is 2. The Labute approximate surface area is 176 Å². The Kier molecular flexibility index (Phi) is 7.06. The highest BCUT2D eigenvalue weighted by Gasteiger charge is 2.34. The van der Waals surface area contributed by atoms with Crippen molar-refractivity contribution < 1.29 is 31.3 Å². The van der Waals surface area contributed by atoms with Crippen LogP contribution >= 0.6 is 0 Å². The SMILES string of the molecule is CCN(CC(=O)Nc1ccccc1C(F)(F)F)S(=O)(=O)c1cc([N+](=O)[O-])cc(C)c1C. The van der Waals surface area contributed by atoms with Gasteiger partial charge in [0.15, 0.2) is 0 Å². The Morgan fingerprint density at radius 2 is 1.81 bits per heavy atom. The van der Waals surface area contributed by atoms with Crippen molar-refractivity contribution in [2.45, 2.75) is 31.8 Å². The molecule has 1 amide bonds. The van der Waals surface area contributed by atoms with Gasteiger partial charge in [-0.25, -0.2) is 8.42 Å². The van der Waals surface area contributed by atoms with Crippen LogP contribution < -0.4 is 5.32 Å². The molecule has 0 aliphatic rings. The maximum atomic E-state index is 13.1. The fraction of sp³-hybridized carbons (Fsp3) is 0.316. The number of benzene rings is 2. The number of anilines is 1. The Balaban J connectivity index is 2.35. The third-order valence-electron chi connectivity index (χ3n) is 4.61. The van der Waals surface area contributed by atoms with Crippen molar-refractivity contribution in [3.05, 3.63) is 63.2 Å². The van der Waals surface area contributed by atoms with Gasteiger partial charge in [-0.1, -0.05) is 19.1 Å². The molecule has 2 aromatic carbocycles. The molecule has 0 saturated heterocycles. The van der Waals surface area contributed by atoms with Crippen molar-refractivity contribution in [1.29, 1.82) is 0 Å². The summed E-state index contributed by atoms with van der Waals surface area (Å²) in [6, 6.07) is 6.44. The molecule has 31 heavy (non-hydrogen) atoms. The number of rotatable bonds is 7. The van der Waals surface area contributed by atoms with Crippen molar-refractivity contribution in [3.8, 4) is 0 Å². The van der Waals surface area contributed by atoms with E-state index >= 15 is 0 Å². The van der Waals surface area contributed by atoms with Crippen LogP contribution in [0.15, 0.2) is 41.3 Å². The number of halogens is 3. The molecule has 0 bridgehead atoms. The van der Waals surface area contributed by atoms with Crippen LogP contribution in [-0.2, 0) is 21.0 Å². The first-order chi connectivity index (χ1) is 14.3. The van der Waals surface area contributed by atoms with E-state index in [4.69, 9.17) is 0 Å². The molecule has 2 aromatic rings. The lowest BCUT2D eigenvalue weighted by atomic mass is 10.1. The summed E-state index contributed by atoms with van der Waals surface area (Å²) in [5.74, 6) is -0.984. The second-order valence-corrected chi connectivity index (χ2v) is 8.57. The number of para-hydroxylation sites is 1. The van der Waals surface area contributed by atoms with E-state index in [1.54, 1.807) is 0 Å². The molecular formula is C19H20F3N3O5S. The van der Waals surface area contributed by atoms with Gasteiger partial charge in [0.1, 0.15) is 0 Å². The summed E-state index contributed by atoms with van der Waals surface area (Å²) in [6.45, 7) is 3.47. The summed E-state index contributed by atoms with van der Waals surface area (Å²) in [5, 5.41) is 13.2. The molecule has 0 radical (unpaired) electrons. The number of carbonyl (C=O) groups excluding carboxylic acids is 1. The van der Waals surface area contributed by atoms with Crippen molar-refractivity contribution >= 4 is 27.3 Å². The fourth-order valence-electron chi connectivity index (χ4n) is 2.88. The lowest BCUT2D eigenvalue weighted by molar-refractivity contribution is -0.385. The van der Waals surface area contributed by atoms with Gasteiger partial charge in [-0.2, -0.15) is 17.5 Å². The number of amides is 1. The number of nitrogens with one attached hydrogen (secondary N) is 1. The number of alkyl halides is 3. The highest BCUT2D eigenvalue weighted by molar-refractivity contribution is 7.89. The number of non-ortho nitro benzene ring substituents is 1. The molecule has 2 rings (SSSR count). The van der Waals surface area contributed by atoms with E-state index in [-0.39, 0.29) is 17.0 Å². The summed E-state index contributed by atoms with van der Waals surface area (Å²) in [6.07, 6.45) is -4.71. The van der Waals surface area contributed by atoms with Gasteiger partial charge >= 0.3 is 6.18 Å². The topological polar surface area (TPSA) is 110 Å². The first kappa shape index (κ1) is 24.3. The van der Waals surface area contributed by atoms with E-state index in [1.165, 1.54) is 32.9 Å². The average molecular weight is 459 g/mol. The smallest absolute Gasteiger partial charge is 0.324 e. The molecule has 0 unspecified atom stereocenters. The molecule has 0 fully saturated rings. The van der Waals surface area contributed by atoms with Crippen LogP contribution in [0.3, 0.4) is 0 Å². The van der Waals surface area contributed by atoms with Crippen LogP contribution in [0, 0.1) is 24.0 Å². The maximum Gasteiger partial charge on any atom is 0.418 e. The van der Waals surface area contributed by atoms with Crippen LogP contribution in [0.4, 0.5) is 24.5 Å². The molecule has 0 aromatic heterocycles. The standard InChI is InChI=1S/C19H20F3N3O5S/c1-4-24(11-18(26)23-16-8-6-5-7-15(16)19(20,21)22)31(29,30)17-10-14(25(27)28)9-12(2)13(17)3/h5-10H,4,11H2,1-3H3,(H,23,26). The van der Waals surface area contributed by atoms with Crippen molar-refractivity contribution in [1.82, 2.24) is 4.31 Å². The van der Waals surface area contributed by atoms with Gasteiger partial charge in [0.05, 0.1) is 27.6 Å². The number of aryl methyl sites for hydroxylation is 1. The summed E-state index contributed by atoms with van der Waals surface area (Å²) in [4.78, 5) is 22.4. The summed E-state index contributed by atoms with van der Waals surface area (Å²) in [5.41, 5.74) is -1.37. The number of hydrogen-bond donors (Lipinski definition) is 1. The number of nitro benzene ring substituents is 1. The van der Waals surface area contributed by atoms with Gasteiger partial charge in [-0.3, -0.25) is 14.9 Å². The predicted molar refractivity (Wildman–Crippen MR) is 107 cm³/mol. The first-order valence-corrected chi connectivity index (χ1v) is 10.4. The Morgan fingerprint density at radius 1 is 1.19 bits per heavy atom. The van der Waals surface area contributed by atoms with E-state index in [2.05, 4.69) is 5.32 Å². The maximum absolute atomic E-state index is 13.1. The van der Waals surface area contributed by atoms with Gasteiger partial charge in [0.2, 0.25) is 15.9 Å². The van der Waals surface area contributed by atoms with Gasteiger partial charge in [0, 0.05) is 18.7 Å². The lowest BCUT2D eigenvalue weighted by Gasteiger charge is -2.22. The molecular weight excluding hydrogens is 439 g/mol. The fourth-order valence-corrected chi connectivity index (χ4v) is 4.60. The highest BCUT2D eigenvalue weighted by atomic mass is 32.2. The molecule has 0 spiro atoms. The van der Waals surface area contributed by atoms with E-state index in [9.17, 15) is 36.5 Å². The average Bonchev–Trinajstić information content (AvgIpc) is 2.67. The van der Waals surface area contributed by atoms with E-state index in [1.807, 2.05) is 0 Å².